The summed E-state index contributed by atoms with van der Waals surface area (Å²) in [5.41, 5.74) is 9.41. The van der Waals surface area contributed by atoms with E-state index in [-0.39, 0.29) is 93.4 Å². The monoisotopic (exact) mass is 1910 g/mol. The van der Waals surface area contributed by atoms with Gasteiger partial charge in [-0.3, -0.25) is 71.9 Å². The van der Waals surface area contributed by atoms with Gasteiger partial charge in [-0.25, -0.2) is 0 Å². The number of thioether (sulfide) groups is 1. The second-order valence-corrected chi connectivity index (χ2v) is 35.4. The van der Waals surface area contributed by atoms with Gasteiger partial charge in [-0.2, -0.15) is 0 Å². The number of nitrogens with zero attached hydrogens (tertiary/aromatic N) is 5. The Bertz CT molecular complexity index is 5050. The van der Waals surface area contributed by atoms with Crippen LogP contribution in [0.2, 0.25) is 0 Å². The zero-order valence-electron chi connectivity index (χ0n) is 74.2. The molecule has 0 radical (unpaired) electrons. The number of halogens is 1. The maximum Gasteiger partial charge on any atom is 0.305 e. The lowest BCUT2D eigenvalue weighted by Crippen LogP contribution is -2.61. The number of aliphatic carboxylic acids is 1. The van der Waals surface area contributed by atoms with Gasteiger partial charge in [-0.1, -0.05) is 175 Å². The number of unbranched alkanes of at least 4 members (excludes halogenated alkanes) is 1. The van der Waals surface area contributed by atoms with Crippen LogP contribution in [0.4, 0.5) is 0 Å². The summed E-state index contributed by atoms with van der Waals surface area (Å²) in [6.07, 6.45) is 0.502. The average molecular weight is 1910 g/mol. The Morgan fingerprint density at radius 1 is 0.496 bits per heavy atom. The van der Waals surface area contributed by atoms with E-state index in [1.165, 1.54) is 81.4 Å². The number of aromatic amines is 1. The molecule has 0 bridgehead atoms. The Balaban J connectivity index is 1.21. The van der Waals surface area contributed by atoms with Gasteiger partial charge in [0.1, 0.15) is 71.9 Å². The van der Waals surface area contributed by atoms with Crippen LogP contribution in [-0.4, -0.2) is 273 Å². The standard InChI is InChI=1S/C93H119IN16O18S/c1-11-12-32-74-91(126)107(7)52-80(115)100-71(47-82(117)118)87(122)105-83(56(4)5)93(128)109(9)75(44-58-26-18-14-19-27-58)88(123)104-72(43-61-35-38-77(112)66(94)40-61)89(124)106(6)51-79(114)99-70(46-62-48-97-67-31-23-22-30-65(62)67)86(121)103-69(41-60-33-36-64(111)37-34-60)85(120)102-68(39-55(2)3)84(119)98-63(49-96-50-78(95)113)53-129-54-81(116)101-73(42-57-24-16-13-17-25-57)90(125)110(10)76(92(127)108(74)8)45-59-28-20-15-21-29-59/h13-31,33-38,40,48,55-56,63,68-76,83,96-97,111-112H,11-12,32,39,41-47,49-54H2,1-10H3,(H2,95,113)(H,98,119)(H,99,114)(H,100,115)(H,101,116)(H,102,120)(H,103,121)(H,104,123)(H,105,122)(H,117,118)/t63-,68+,69+,70+,71+,72+,73+,74+,75+,76+,83+/m1/s1. The first-order valence-electron chi connectivity index (χ1n) is 42.8. The number of likely N-dealkylation sites (N-methyl/N-ethyl adjacent to an activating group) is 5. The van der Waals surface area contributed by atoms with Crippen LogP contribution >= 0.6 is 34.4 Å². The molecule has 129 heavy (non-hydrogen) atoms. The SMILES string of the molecule is CCCC[C@H]1C(=O)N(C)CC(=O)N[C@@H](CC(=O)O)C(=O)N[C@@H](C(C)C)C(=O)N(C)[C@@H](Cc2ccccc2)C(=O)N[C@@H](Cc2ccc(O)c(I)c2)C(=O)N(C)CC(=O)N[C@@H](Cc2c[nH]c3ccccc23)C(=O)N[C@@H](Cc2ccc(O)cc2)C(=O)N[C@@H](CC(C)C)C(=O)N[C@H](CNCC(N)=O)CSCC(=O)N[C@@H](Cc2ccccc2)C(=O)N(C)[C@@H](Cc2ccccc2)C(=O)N1C. The fraction of sp³-hybridized carbons (Fsp3) is 0.430. The molecule has 11 atom stereocenters. The van der Waals surface area contributed by atoms with Crippen molar-refractivity contribution in [2.45, 2.75) is 172 Å². The van der Waals surface area contributed by atoms with Crippen molar-refractivity contribution in [1.29, 1.82) is 0 Å². The van der Waals surface area contributed by atoms with E-state index < -0.39 is 181 Å². The number of phenols is 2. The summed E-state index contributed by atoms with van der Waals surface area (Å²) >= 11 is 2.94. The van der Waals surface area contributed by atoms with Crippen molar-refractivity contribution in [3.63, 3.8) is 0 Å². The van der Waals surface area contributed by atoms with Gasteiger partial charge in [0.25, 0.3) is 0 Å². The minimum Gasteiger partial charge on any atom is -0.508 e. The first kappa shape index (κ1) is 102. The van der Waals surface area contributed by atoms with Crippen LogP contribution in [0.15, 0.2) is 164 Å². The van der Waals surface area contributed by atoms with Crippen LogP contribution < -0.4 is 53.6 Å². The number of fused-ring (bicyclic) bond motifs is 1. The van der Waals surface area contributed by atoms with Gasteiger partial charge < -0.3 is 98.4 Å². The number of nitrogens with two attached hydrogens (primary N) is 1. The number of primary amides is 1. The minimum atomic E-state index is -1.89. The normalized spacial score (nSPS) is 22.0. The van der Waals surface area contributed by atoms with E-state index >= 15 is 38.4 Å². The molecule has 0 unspecified atom stereocenters. The summed E-state index contributed by atoms with van der Waals surface area (Å²) in [5, 5.41) is 57.1. The molecule has 8 rings (SSSR count). The number of benzene rings is 6. The molecule has 0 saturated carbocycles. The van der Waals surface area contributed by atoms with Crippen molar-refractivity contribution < 1.29 is 87.2 Å². The van der Waals surface area contributed by atoms with Crippen LogP contribution in [0.25, 0.3) is 10.9 Å². The van der Waals surface area contributed by atoms with Gasteiger partial charge in [0.15, 0.2) is 0 Å². The Morgan fingerprint density at radius 3 is 1.56 bits per heavy atom. The number of amides is 14. The molecule has 1 aliphatic heterocycles. The summed E-state index contributed by atoms with van der Waals surface area (Å²) in [4.78, 5) is 230. The molecule has 2 heterocycles. The summed E-state index contributed by atoms with van der Waals surface area (Å²) in [5.74, 6) is -14.9. The zero-order valence-corrected chi connectivity index (χ0v) is 77.2. The molecule has 34 nitrogen and oxygen atoms in total. The van der Waals surface area contributed by atoms with E-state index in [1.807, 2.05) is 43.4 Å². The summed E-state index contributed by atoms with van der Waals surface area (Å²) in [6.45, 7) is 6.64. The predicted molar refractivity (Wildman–Crippen MR) is 495 cm³/mol. The molecule has 6 aromatic carbocycles. The molecule has 0 spiro atoms. The molecule has 15 N–H and O–H groups in total. The number of aromatic nitrogens is 1. The fourth-order valence-corrected chi connectivity index (χ4v) is 16.5. The first-order chi connectivity index (χ1) is 61.4. The van der Waals surface area contributed by atoms with E-state index in [2.05, 4.69) is 52.8 Å². The lowest BCUT2D eigenvalue weighted by atomic mass is 9.98. The summed E-state index contributed by atoms with van der Waals surface area (Å²) in [7, 11) is 6.65. The van der Waals surface area contributed by atoms with Crippen molar-refractivity contribution in [2.75, 3.05) is 72.9 Å². The van der Waals surface area contributed by atoms with Gasteiger partial charge in [0, 0.05) is 103 Å². The maximum absolute atomic E-state index is 15.5. The lowest BCUT2D eigenvalue weighted by Gasteiger charge is -2.37. The number of para-hydroxylation sites is 1. The van der Waals surface area contributed by atoms with E-state index in [4.69, 9.17) is 5.73 Å². The number of rotatable bonds is 24. The Kier molecular flexibility index (Phi) is 39.3. The third-order valence-electron chi connectivity index (χ3n) is 22.1. The van der Waals surface area contributed by atoms with Gasteiger partial charge >= 0.3 is 5.97 Å². The number of carboxylic acid groups (broad SMARTS) is 1. The highest BCUT2D eigenvalue weighted by Gasteiger charge is 2.42. The summed E-state index contributed by atoms with van der Waals surface area (Å²) < 4.78 is 0.372. The van der Waals surface area contributed by atoms with Gasteiger partial charge in [-0.05, 0) is 111 Å². The highest BCUT2D eigenvalue weighted by Crippen LogP contribution is 2.26. The van der Waals surface area contributed by atoms with Crippen molar-refractivity contribution in [3.05, 3.63) is 201 Å². The largest absolute Gasteiger partial charge is 0.508 e. The molecule has 1 aliphatic rings. The molecular formula is C93H119IN16O18S. The quantitative estimate of drug-likeness (QED) is 0.0385. The number of hydrogen-bond acceptors (Lipinski definition) is 19. The van der Waals surface area contributed by atoms with Crippen molar-refractivity contribution in [3.8, 4) is 11.5 Å². The third-order valence-corrected chi connectivity index (χ3v) is 24.1. The highest BCUT2D eigenvalue weighted by molar-refractivity contribution is 14.1. The second-order valence-electron chi connectivity index (χ2n) is 33.2. The van der Waals surface area contributed by atoms with Gasteiger partial charge in [0.2, 0.25) is 82.7 Å². The maximum atomic E-state index is 15.5. The zero-order chi connectivity index (χ0) is 94.3. The van der Waals surface area contributed by atoms with E-state index in [0.717, 1.165) is 26.5 Å². The smallest absolute Gasteiger partial charge is 0.305 e. The van der Waals surface area contributed by atoms with Gasteiger partial charge in [0.05, 0.1) is 41.4 Å². The fourth-order valence-electron chi connectivity index (χ4n) is 15.1. The molecular weight excluding hydrogens is 1790 g/mol. The van der Waals surface area contributed by atoms with Crippen LogP contribution in [-0.2, 0) is 110 Å². The van der Waals surface area contributed by atoms with E-state index in [1.54, 1.807) is 141 Å². The average Bonchev–Trinajstić information content (AvgIpc) is 1.75. The molecule has 0 aliphatic carbocycles. The minimum absolute atomic E-state index is 0.0243. The molecule has 1 aromatic heterocycles. The van der Waals surface area contributed by atoms with Crippen molar-refractivity contribution >= 4 is 134 Å². The lowest BCUT2D eigenvalue weighted by molar-refractivity contribution is -0.151. The van der Waals surface area contributed by atoms with Crippen molar-refractivity contribution in [2.24, 2.45) is 17.6 Å². The number of carbonyl (C=O) groups excluding carboxylic acids is 14. The number of phenolic OH excluding ortho intramolecular Hbond substituents is 2. The predicted octanol–water partition coefficient (Wildman–Crippen LogP) is 3.40. The number of nitrogens with one attached hydrogen (secondary N) is 10. The Labute approximate surface area is 768 Å². The molecule has 1 fully saturated rings. The number of carboxylic acids is 1. The molecule has 7 aromatic rings. The van der Waals surface area contributed by atoms with Crippen LogP contribution in [0, 0.1) is 15.4 Å². The molecule has 692 valence electrons. The van der Waals surface area contributed by atoms with E-state index in [0.29, 0.717) is 60.7 Å². The molecule has 36 heteroatoms. The number of carbonyl (C=O) groups is 15. The third kappa shape index (κ3) is 31.2. The number of aromatic hydroxyl groups is 2. The van der Waals surface area contributed by atoms with Gasteiger partial charge in [-0.15, -0.1) is 11.8 Å². The number of H-pyrrole nitrogens is 1. The topological polar surface area (TPSA) is 483 Å². The van der Waals surface area contributed by atoms with Crippen LogP contribution in [0.5, 0.6) is 11.5 Å². The highest BCUT2D eigenvalue weighted by atomic mass is 127. The second kappa shape index (κ2) is 49.8. The van der Waals surface area contributed by atoms with E-state index in [9.17, 15) is 48.9 Å². The van der Waals surface area contributed by atoms with Crippen molar-refractivity contribution in [1.82, 2.24) is 77.3 Å². The number of hydrogen-bond donors (Lipinski definition) is 14. The first-order valence-corrected chi connectivity index (χ1v) is 45.0. The van der Waals surface area contributed by atoms with Crippen LogP contribution in [0.3, 0.4) is 0 Å². The molecule has 1 saturated heterocycles. The Morgan fingerprint density at radius 2 is 0.977 bits per heavy atom. The summed E-state index contributed by atoms with van der Waals surface area (Å²) in [6, 6.07) is 27.7. The Hall–Kier alpha value is -12.5. The molecule has 14 amide bonds. The van der Waals surface area contributed by atoms with Crippen LogP contribution in [0.1, 0.15) is 100 Å².